The second kappa shape index (κ2) is 4.93. The number of aryl methyl sites for hydroxylation is 1. The fourth-order valence-electron chi connectivity index (χ4n) is 1.06. The average Bonchev–Trinajstić information content (AvgIpc) is 2.46. The molecule has 0 spiro atoms. The largest absolute Gasteiger partial charge is 0.462 e. The molecule has 1 heterocycles. The molecule has 0 saturated carbocycles. The minimum Gasteiger partial charge on any atom is -0.462 e. The van der Waals surface area contributed by atoms with Crippen LogP contribution in [0.2, 0.25) is 0 Å². The van der Waals surface area contributed by atoms with E-state index in [1.54, 1.807) is 26.8 Å². The van der Waals surface area contributed by atoms with Crippen LogP contribution < -0.4 is 5.73 Å². The molecule has 0 aliphatic carbocycles. The molecular formula is C10H14N2O2S. The fraction of sp³-hybridized carbons (Fsp3) is 0.400. The lowest BCUT2D eigenvalue weighted by molar-refractivity contribution is 0.0531. The summed E-state index contributed by atoms with van der Waals surface area (Å²) in [6, 6.07) is 0. The van der Waals surface area contributed by atoms with E-state index in [2.05, 4.69) is 4.98 Å². The van der Waals surface area contributed by atoms with E-state index in [0.717, 1.165) is 5.01 Å². The van der Waals surface area contributed by atoms with Crippen LogP contribution in [0.15, 0.2) is 5.70 Å². The Labute approximate surface area is 92.8 Å². The van der Waals surface area contributed by atoms with Gasteiger partial charge in [0.2, 0.25) is 0 Å². The molecular weight excluding hydrogens is 212 g/mol. The molecule has 0 atom stereocenters. The fourth-order valence-corrected chi connectivity index (χ4v) is 2.03. The zero-order valence-electron chi connectivity index (χ0n) is 9.03. The van der Waals surface area contributed by atoms with Crippen molar-refractivity contribution in [3.05, 3.63) is 21.3 Å². The Kier molecular flexibility index (Phi) is 3.85. The number of carbonyl (C=O) groups is 1. The minimum atomic E-state index is -0.318. The summed E-state index contributed by atoms with van der Waals surface area (Å²) in [5.74, 6) is -0.318. The summed E-state index contributed by atoms with van der Waals surface area (Å²) >= 11 is 1.29. The molecule has 1 rings (SSSR count). The number of hydrogen-bond donors (Lipinski definition) is 1. The second-order valence-corrected chi connectivity index (χ2v) is 4.11. The maximum atomic E-state index is 11.5. The van der Waals surface area contributed by atoms with Gasteiger partial charge in [-0.25, -0.2) is 9.78 Å². The number of carbonyl (C=O) groups excluding carboxylic acids is 1. The summed E-state index contributed by atoms with van der Waals surface area (Å²) in [6.07, 6.45) is 1.74. The van der Waals surface area contributed by atoms with E-state index in [9.17, 15) is 4.79 Å². The van der Waals surface area contributed by atoms with Crippen molar-refractivity contribution in [2.75, 3.05) is 6.61 Å². The molecule has 82 valence electrons. The highest BCUT2D eigenvalue weighted by Crippen LogP contribution is 2.20. The molecule has 0 saturated heterocycles. The third-order valence-electron chi connectivity index (χ3n) is 1.63. The van der Waals surface area contributed by atoms with Crippen LogP contribution in [0.5, 0.6) is 0 Å². The van der Waals surface area contributed by atoms with E-state index in [1.165, 1.54) is 11.3 Å². The van der Waals surface area contributed by atoms with Crippen molar-refractivity contribution < 1.29 is 9.53 Å². The van der Waals surface area contributed by atoms with Gasteiger partial charge in [-0.1, -0.05) is 0 Å². The average molecular weight is 226 g/mol. The van der Waals surface area contributed by atoms with Gasteiger partial charge < -0.3 is 10.5 Å². The van der Waals surface area contributed by atoms with Crippen molar-refractivity contribution >= 4 is 23.4 Å². The maximum absolute atomic E-state index is 11.5. The normalized spacial score (nSPS) is 11.5. The van der Waals surface area contributed by atoms with E-state index < -0.39 is 0 Å². The van der Waals surface area contributed by atoms with Crippen molar-refractivity contribution in [1.29, 1.82) is 0 Å². The monoisotopic (exact) mass is 226 g/mol. The molecule has 0 aromatic carbocycles. The van der Waals surface area contributed by atoms with E-state index in [-0.39, 0.29) is 5.97 Å². The topological polar surface area (TPSA) is 65.2 Å². The van der Waals surface area contributed by atoms with Gasteiger partial charge in [-0.15, -0.1) is 11.3 Å². The molecule has 0 amide bonds. The van der Waals surface area contributed by atoms with Gasteiger partial charge in [-0.05, 0) is 26.8 Å². The minimum absolute atomic E-state index is 0.318. The van der Waals surface area contributed by atoms with E-state index in [4.69, 9.17) is 10.5 Å². The summed E-state index contributed by atoms with van der Waals surface area (Å²) in [4.78, 5) is 16.2. The number of allylic oxidation sites excluding steroid dienone is 1. The molecule has 0 unspecified atom stereocenters. The summed E-state index contributed by atoms with van der Waals surface area (Å²) in [7, 11) is 0. The van der Waals surface area contributed by atoms with Crippen molar-refractivity contribution in [3.8, 4) is 0 Å². The summed E-state index contributed by atoms with van der Waals surface area (Å²) in [6.45, 7) is 5.71. The molecule has 1 aromatic rings. The highest BCUT2D eigenvalue weighted by atomic mass is 32.1. The number of rotatable bonds is 3. The lowest BCUT2D eigenvalue weighted by atomic mass is 10.4. The standard InChI is InChI=1S/C10H14N2O2S/c1-4-14-10(13)9-7(3)12-8(15-9)5-6(2)11/h5H,4,11H2,1-3H3. The zero-order valence-corrected chi connectivity index (χ0v) is 9.85. The van der Waals surface area contributed by atoms with Crippen LogP contribution in [-0.2, 0) is 4.74 Å². The molecule has 0 radical (unpaired) electrons. The molecule has 0 aliphatic rings. The lowest BCUT2D eigenvalue weighted by Gasteiger charge is -1.97. The Morgan fingerprint density at radius 3 is 2.87 bits per heavy atom. The van der Waals surface area contributed by atoms with E-state index in [1.807, 2.05) is 0 Å². The maximum Gasteiger partial charge on any atom is 0.350 e. The van der Waals surface area contributed by atoms with Crippen molar-refractivity contribution in [1.82, 2.24) is 4.98 Å². The lowest BCUT2D eigenvalue weighted by Crippen LogP contribution is -2.03. The number of aromatic nitrogens is 1. The molecule has 0 bridgehead atoms. The number of nitrogens with zero attached hydrogens (tertiary/aromatic N) is 1. The van der Waals surface area contributed by atoms with Crippen LogP contribution in [0.3, 0.4) is 0 Å². The van der Waals surface area contributed by atoms with Gasteiger partial charge in [0, 0.05) is 5.70 Å². The molecule has 2 N–H and O–H groups in total. The van der Waals surface area contributed by atoms with Crippen LogP contribution >= 0.6 is 11.3 Å². The van der Waals surface area contributed by atoms with Gasteiger partial charge in [-0.2, -0.15) is 0 Å². The SMILES string of the molecule is CCOC(=O)c1sc(C=C(C)N)nc1C. The predicted molar refractivity (Wildman–Crippen MR) is 60.6 cm³/mol. The van der Waals surface area contributed by atoms with E-state index >= 15 is 0 Å². The zero-order chi connectivity index (χ0) is 11.4. The van der Waals surface area contributed by atoms with Crippen LogP contribution in [0.25, 0.3) is 6.08 Å². The van der Waals surface area contributed by atoms with Crippen LogP contribution in [0.4, 0.5) is 0 Å². The van der Waals surface area contributed by atoms with Gasteiger partial charge in [0.05, 0.1) is 12.3 Å². The Balaban J connectivity index is 2.96. The predicted octanol–water partition coefficient (Wildman–Crippen LogP) is 1.95. The first-order chi connectivity index (χ1) is 7.04. The molecule has 0 aliphatic heterocycles. The van der Waals surface area contributed by atoms with Gasteiger partial charge in [-0.3, -0.25) is 0 Å². The molecule has 0 fully saturated rings. The Bertz CT molecular complexity index is 392. The summed E-state index contributed by atoms with van der Waals surface area (Å²) in [5, 5.41) is 0.732. The van der Waals surface area contributed by atoms with Gasteiger partial charge in [0.15, 0.2) is 0 Å². The van der Waals surface area contributed by atoms with Gasteiger partial charge >= 0.3 is 5.97 Å². The number of thiazole rings is 1. The first-order valence-corrected chi connectivity index (χ1v) is 5.44. The Morgan fingerprint density at radius 2 is 2.33 bits per heavy atom. The Hall–Kier alpha value is -1.36. The van der Waals surface area contributed by atoms with Crippen molar-refractivity contribution in [3.63, 3.8) is 0 Å². The molecule has 4 nitrogen and oxygen atoms in total. The number of ether oxygens (including phenoxy) is 1. The first kappa shape index (κ1) is 11.7. The molecule has 5 heteroatoms. The molecule has 15 heavy (non-hydrogen) atoms. The molecule has 1 aromatic heterocycles. The summed E-state index contributed by atoms with van der Waals surface area (Å²) in [5.41, 5.74) is 6.88. The van der Waals surface area contributed by atoms with Gasteiger partial charge in [0.25, 0.3) is 0 Å². The second-order valence-electron chi connectivity index (χ2n) is 3.08. The van der Waals surface area contributed by atoms with Crippen LogP contribution in [0, 0.1) is 6.92 Å². The van der Waals surface area contributed by atoms with Crippen molar-refractivity contribution in [2.45, 2.75) is 20.8 Å². The summed E-state index contributed by atoms with van der Waals surface area (Å²) < 4.78 is 4.91. The highest BCUT2D eigenvalue weighted by Gasteiger charge is 2.15. The van der Waals surface area contributed by atoms with Crippen LogP contribution in [0.1, 0.15) is 34.2 Å². The number of esters is 1. The number of nitrogens with two attached hydrogens (primary N) is 1. The smallest absolute Gasteiger partial charge is 0.350 e. The number of hydrogen-bond acceptors (Lipinski definition) is 5. The Morgan fingerprint density at radius 1 is 1.67 bits per heavy atom. The van der Waals surface area contributed by atoms with E-state index in [0.29, 0.717) is 22.9 Å². The van der Waals surface area contributed by atoms with Crippen molar-refractivity contribution in [2.24, 2.45) is 5.73 Å². The quantitative estimate of drug-likeness (QED) is 0.800. The van der Waals surface area contributed by atoms with Crippen LogP contribution in [-0.4, -0.2) is 17.6 Å². The highest BCUT2D eigenvalue weighted by molar-refractivity contribution is 7.14. The van der Waals surface area contributed by atoms with Gasteiger partial charge in [0.1, 0.15) is 9.88 Å². The third kappa shape index (κ3) is 3.06. The first-order valence-electron chi connectivity index (χ1n) is 4.63. The third-order valence-corrected chi connectivity index (χ3v) is 2.71.